The van der Waals surface area contributed by atoms with Gasteiger partial charge in [-0.05, 0) is 128 Å². The van der Waals surface area contributed by atoms with Gasteiger partial charge in [-0.2, -0.15) is 0 Å². The Morgan fingerprint density at radius 1 is 0.288 bits per heavy atom. The lowest BCUT2D eigenvalue weighted by Crippen LogP contribution is -2.30. The number of hydrogen-bond donors (Lipinski definition) is 0. The van der Waals surface area contributed by atoms with E-state index in [-0.39, 0.29) is 31.1 Å². The lowest BCUT2D eigenvalue weighted by Gasteiger charge is -2.18. The van der Waals surface area contributed by atoms with Crippen molar-refractivity contribution < 1.29 is 28.6 Å². The molecule has 0 heterocycles. The molecule has 0 spiro atoms. The third kappa shape index (κ3) is 58.3. The highest BCUT2D eigenvalue weighted by molar-refractivity contribution is 5.71. The second-order valence-corrected chi connectivity index (χ2v) is 19.1. The van der Waals surface area contributed by atoms with Gasteiger partial charge in [0.25, 0.3) is 0 Å². The van der Waals surface area contributed by atoms with Crippen LogP contribution in [-0.2, 0) is 28.6 Å². The van der Waals surface area contributed by atoms with Crippen molar-refractivity contribution >= 4 is 17.9 Å². The summed E-state index contributed by atoms with van der Waals surface area (Å²) in [5.41, 5.74) is 0. The molecule has 0 aliphatic carbocycles. The zero-order valence-corrected chi connectivity index (χ0v) is 47.1. The van der Waals surface area contributed by atoms with E-state index in [1.54, 1.807) is 0 Å². The summed E-state index contributed by atoms with van der Waals surface area (Å²) in [4.78, 5) is 38.2. The van der Waals surface area contributed by atoms with Crippen molar-refractivity contribution in [3.63, 3.8) is 0 Å². The van der Waals surface area contributed by atoms with E-state index in [0.717, 1.165) is 173 Å². The van der Waals surface area contributed by atoms with Crippen molar-refractivity contribution in [3.8, 4) is 0 Å². The summed E-state index contributed by atoms with van der Waals surface area (Å²) in [5.74, 6) is -0.940. The zero-order valence-electron chi connectivity index (χ0n) is 47.1. The first-order valence-electron chi connectivity index (χ1n) is 29.7. The average molecular weight is 1010 g/mol. The average Bonchev–Trinajstić information content (AvgIpc) is 3.39. The first kappa shape index (κ1) is 68.6. The molecule has 0 aliphatic rings. The van der Waals surface area contributed by atoms with Gasteiger partial charge in [0, 0.05) is 19.3 Å². The maximum atomic E-state index is 12.8. The smallest absolute Gasteiger partial charge is 0.306 e. The second-order valence-electron chi connectivity index (χ2n) is 19.1. The molecule has 1 unspecified atom stereocenters. The molecular weight excluding hydrogens is 901 g/mol. The third-order valence-electron chi connectivity index (χ3n) is 12.1. The standard InChI is InChI=1S/C67H108O6/c1-4-7-10-13-16-19-22-25-27-28-29-30-31-32-33-34-35-36-37-38-40-42-45-48-51-54-57-60-66(69)72-63-64(62-71-65(68)59-56-53-50-47-44-41-24-21-18-15-12-9-6-3)73-67(70)61-58-55-52-49-46-43-39-26-23-20-17-14-11-8-5-2/h7-8,10-12,15-17,19-21,24-27,29-30,32-33,35-36,39,64H,4-6,9,13-14,18,22-23,28,31,34,37-38,40-63H2,1-3H3/b10-7-,11-8-,15-12-,19-16-,20-17-,24-21-,27-25-,30-29-,33-32-,36-35-,39-26-. The molecule has 0 radical (unpaired) electrons. The van der Waals surface area contributed by atoms with E-state index in [2.05, 4.69) is 154 Å². The molecule has 0 fully saturated rings. The van der Waals surface area contributed by atoms with Crippen LogP contribution in [-0.4, -0.2) is 37.2 Å². The van der Waals surface area contributed by atoms with Crippen molar-refractivity contribution in [2.24, 2.45) is 0 Å². The largest absolute Gasteiger partial charge is 0.462 e. The SMILES string of the molecule is CC/C=C\C/C=C\C/C=C\C/C=C\C/C=C\C/C=C\CCCCCCCCCCC(=O)OCC(COC(=O)CCCCCCC/C=C\C/C=C\CCC)OC(=O)CCCCCCC/C=C\C/C=C\C/C=C\CC. The van der Waals surface area contributed by atoms with E-state index in [4.69, 9.17) is 14.2 Å². The van der Waals surface area contributed by atoms with E-state index in [1.165, 1.54) is 38.5 Å². The molecule has 0 saturated heterocycles. The maximum Gasteiger partial charge on any atom is 0.306 e. The first-order chi connectivity index (χ1) is 36.0. The highest BCUT2D eigenvalue weighted by Crippen LogP contribution is 2.14. The first-order valence-corrected chi connectivity index (χ1v) is 29.7. The van der Waals surface area contributed by atoms with Gasteiger partial charge in [0.2, 0.25) is 0 Å². The lowest BCUT2D eigenvalue weighted by atomic mass is 10.1. The van der Waals surface area contributed by atoms with Crippen LogP contribution < -0.4 is 0 Å². The van der Waals surface area contributed by atoms with Gasteiger partial charge in [0.15, 0.2) is 6.10 Å². The predicted octanol–water partition coefficient (Wildman–Crippen LogP) is 20.2. The van der Waals surface area contributed by atoms with E-state index in [1.807, 2.05) is 0 Å². The molecule has 0 amide bonds. The van der Waals surface area contributed by atoms with Gasteiger partial charge in [0.05, 0.1) is 0 Å². The van der Waals surface area contributed by atoms with Gasteiger partial charge in [0.1, 0.15) is 13.2 Å². The minimum absolute atomic E-state index is 0.0981. The van der Waals surface area contributed by atoms with Crippen molar-refractivity contribution in [1.82, 2.24) is 0 Å². The molecule has 6 heteroatoms. The lowest BCUT2D eigenvalue weighted by molar-refractivity contribution is -0.167. The van der Waals surface area contributed by atoms with E-state index in [9.17, 15) is 14.4 Å². The Kier molecular flexibility index (Phi) is 56.4. The number of unbranched alkanes of at least 4 members (excludes halogenated alkanes) is 19. The molecule has 0 bridgehead atoms. The van der Waals surface area contributed by atoms with Crippen molar-refractivity contribution in [3.05, 3.63) is 134 Å². The van der Waals surface area contributed by atoms with Gasteiger partial charge in [-0.3, -0.25) is 14.4 Å². The molecule has 0 N–H and O–H groups in total. The fourth-order valence-electron chi connectivity index (χ4n) is 7.73. The Labute approximate surface area is 449 Å². The highest BCUT2D eigenvalue weighted by atomic mass is 16.6. The van der Waals surface area contributed by atoms with Crippen LogP contribution >= 0.6 is 0 Å². The minimum atomic E-state index is -0.801. The monoisotopic (exact) mass is 1010 g/mol. The molecule has 6 nitrogen and oxygen atoms in total. The maximum absolute atomic E-state index is 12.8. The van der Waals surface area contributed by atoms with Crippen LogP contribution in [0.25, 0.3) is 0 Å². The van der Waals surface area contributed by atoms with Crippen LogP contribution in [0.1, 0.15) is 252 Å². The number of esters is 3. The summed E-state index contributed by atoms with van der Waals surface area (Å²) in [6.45, 7) is 6.31. The van der Waals surface area contributed by atoms with Gasteiger partial charge < -0.3 is 14.2 Å². The van der Waals surface area contributed by atoms with Gasteiger partial charge >= 0.3 is 17.9 Å². The number of carbonyl (C=O) groups excluding carboxylic acids is 3. The number of carbonyl (C=O) groups is 3. The van der Waals surface area contributed by atoms with E-state index in [0.29, 0.717) is 19.3 Å². The van der Waals surface area contributed by atoms with E-state index >= 15 is 0 Å². The molecule has 0 saturated carbocycles. The topological polar surface area (TPSA) is 78.9 Å². The Balaban J connectivity index is 4.36. The van der Waals surface area contributed by atoms with E-state index < -0.39 is 6.10 Å². The van der Waals surface area contributed by atoms with Crippen LogP contribution in [0.15, 0.2) is 134 Å². The Bertz CT molecular complexity index is 1580. The molecule has 73 heavy (non-hydrogen) atoms. The molecular formula is C67H108O6. The Hall–Kier alpha value is -4.45. The van der Waals surface area contributed by atoms with Gasteiger partial charge in [-0.15, -0.1) is 0 Å². The van der Waals surface area contributed by atoms with Gasteiger partial charge in [-0.1, -0.05) is 238 Å². The van der Waals surface area contributed by atoms with Crippen LogP contribution in [0.4, 0.5) is 0 Å². The number of rotatable bonds is 52. The van der Waals surface area contributed by atoms with Crippen molar-refractivity contribution in [1.29, 1.82) is 0 Å². The predicted molar refractivity (Wildman–Crippen MR) is 316 cm³/mol. The fourth-order valence-corrected chi connectivity index (χ4v) is 7.73. The molecule has 0 rings (SSSR count). The third-order valence-corrected chi connectivity index (χ3v) is 12.1. The summed E-state index contributed by atoms with van der Waals surface area (Å²) in [6, 6.07) is 0. The summed E-state index contributed by atoms with van der Waals surface area (Å²) >= 11 is 0. The molecule has 0 aromatic heterocycles. The number of ether oxygens (including phenoxy) is 3. The van der Waals surface area contributed by atoms with Crippen molar-refractivity contribution in [2.75, 3.05) is 13.2 Å². The molecule has 0 aromatic carbocycles. The van der Waals surface area contributed by atoms with Crippen LogP contribution in [0.3, 0.4) is 0 Å². The summed E-state index contributed by atoms with van der Waals surface area (Å²) in [6.07, 6.45) is 84.5. The van der Waals surface area contributed by atoms with Crippen LogP contribution in [0.2, 0.25) is 0 Å². The van der Waals surface area contributed by atoms with Gasteiger partial charge in [-0.25, -0.2) is 0 Å². The summed E-state index contributed by atoms with van der Waals surface area (Å²) < 4.78 is 16.8. The van der Waals surface area contributed by atoms with Crippen LogP contribution in [0, 0.1) is 0 Å². The quantitative estimate of drug-likeness (QED) is 0.0261. The normalized spacial score (nSPS) is 13.1. The zero-order chi connectivity index (χ0) is 52.9. The summed E-state index contributed by atoms with van der Waals surface area (Å²) in [7, 11) is 0. The molecule has 412 valence electrons. The molecule has 0 aromatic rings. The number of allylic oxidation sites excluding steroid dienone is 22. The molecule has 0 aliphatic heterocycles. The second kappa shape index (κ2) is 60.1. The summed E-state index contributed by atoms with van der Waals surface area (Å²) in [5, 5.41) is 0. The minimum Gasteiger partial charge on any atom is -0.462 e. The van der Waals surface area contributed by atoms with Crippen LogP contribution in [0.5, 0.6) is 0 Å². The Morgan fingerprint density at radius 3 is 0.836 bits per heavy atom. The highest BCUT2D eigenvalue weighted by Gasteiger charge is 2.19. The van der Waals surface area contributed by atoms with Crippen molar-refractivity contribution in [2.45, 2.75) is 258 Å². The molecule has 1 atom stereocenters. The Morgan fingerprint density at radius 2 is 0.534 bits per heavy atom. The number of hydrogen-bond acceptors (Lipinski definition) is 6. The fraction of sp³-hybridized carbons (Fsp3) is 0.627.